The summed E-state index contributed by atoms with van der Waals surface area (Å²) in [7, 11) is 0. The molecule has 1 N–H and O–H groups in total. The van der Waals surface area contributed by atoms with Crippen LogP contribution in [0, 0.1) is 13.8 Å². The summed E-state index contributed by atoms with van der Waals surface area (Å²) in [6.07, 6.45) is 0. The topological polar surface area (TPSA) is 81.3 Å². The predicted molar refractivity (Wildman–Crippen MR) is 91.7 cm³/mol. The van der Waals surface area contributed by atoms with Gasteiger partial charge >= 0.3 is 5.97 Å². The summed E-state index contributed by atoms with van der Waals surface area (Å²) >= 11 is 1.35. The van der Waals surface area contributed by atoms with Crippen LogP contribution in [0.15, 0.2) is 29.2 Å². The van der Waals surface area contributed by atoms with Gasteiger partial charge in [0, 0.05) is 11.3 Å². The summed E-state index contributed by atoms with van der Waals surface area (Å²) in [6.45, 7) is 5.95. The predicted octanol–water partition coefficient (Wildman–Crippen LogP) is 2.94. The zero-order valence-electron chi connectivity index (χ0n) is 13.9. The Bertz CT molecular complexity index is 690. The molecule has 2 aromatic rings. The third-order valence-corrected chi connectivity index (χ3v) is 4.52. The molecule has 0 aliphatic rings. The number of aromatic amines is 1. The van der Waals surface area contributed by atoms with Crippen LogP contribution in [0.4, 0.5) is 0 Å². The van der Waals surface area contributed by atoms with Gasteiger partial charge in [0.15, 0.2) is 12.4 Å². The van der Waals surface area contributed by atoms with E-state index in [2.05, 4.69) is 10.2 Å². The summed E-state index contributed by atoms with van der Waals surface area (Å²) < 4.78 is 10.4. The van der Waals surface area contributed by atoms with Crippen LogP contribution >= 0.6 is 11.8 Å². The first-order chi connectivity index (χ1) is 11.5. The molecule has 128 valence electrons. The Labute approximate surface area is 144 Å². The van der Waals surface area contributed by atoms with Gasteiger partial charge < -0.3 is 9.47 Å². The smallest absolute Gasteiger partial charge is 0.316 e. The van der Waals surface area contributed by atoms with Crippen molar-refractivity contribution in [3.63, 3.8) is 0 Å². The highest BCUT2D eigenvalue weighted by Crippen LogP contribution is 2.24. The van der Waals surface area contributed by atoms with E-state index in [1.165, 1.54) is 11.8 Å². The highest BCUT2D eigenvalue weighted by Gasteiger charge is 2.13. The normalized spacial score (nSPS) is 10.5. The lowest BCUT2D eigenvalue weighted by atomic mass is 10.1. The van der Waals surface area contributed by atoms with Crippen LogP contribution in [0.5, 0.6) is 5.75 Å². The maximum Gasteiger partial charge on any atom is 0.316 e. The maximum atomic E-state index is 12.0. The van der Waals surface area contributed by atoms with E-state index in [0.29, 0.717) is 17.9 Å². The average Bonchev–Trinajstić information content (AvgIpc) is 2.90. The number of ketones is 1. The molecule has 0 aliphatic heterocycles. The van der Waals surface area contributed by atoms with Gasteiger partial charge in [0.1, 0.15) is 5.75 Å². The number of carbonyl (C=O) groups excluding carboxylic acids is 2. The number of aryl methyl sites for hydroxylation is 2. The monoisotopic (exact) mass is 348 g/mol. The molecule has 24 heavy (non-hydrogen) atoms. The van der Waals surface area contributed by atoms with Crippen molar-refractivity contribution < 1.29 is 19.1 Å². The van der Waals surface area contributed by atoms with E-state index in [4.69, 9.17) is 9.47 Å². The van der Waals surface area contributed by atoms with E-state index >= 15 is 0 Å². The minimum Gasteiger partial charge on any atom is -0.494 e. The van der Waals surface area contributed by atoms with Crippen molar-refractivity contribution in [1.29, 1.82) is 0 Å². The minimum atomic E-state index is -0.431. The Hall–Kier alpha value is -2.28. The van der Waals surface area contributed by atoms with E-state index in [-0.39, 0.29) is 18.1 Å². The Morgan fingerprint density at radius 2 is 1.92 bits per heavy atom. The molecule has 0 aliphatic carbocycles. The lowest BCUT2D eigenvalue weighted by Gasteiger charge is -2.06. The zero-order chi connectivity index (χ0) is 17.5. The van der Waals surface area contributed by atoms with Gasteiger partial charge in [-0.1, -0.05) is 0 Å². The van der Waals surface area contributed by atoms with Crippen molar-refractivity contribution in [2.24, 2.45) is 0 Å². The summed E-state index contributed by atoms with van der Waals surface area (Å²) in [6, 6.07) is 6.76. The molecule has 0 unspecified atom stereocenters. The van der Waals surface area contributed by atoms with Crippen LogP contribution in [0.25, 0.3) is 0 Å². The Kier molecular flexibility index (Phi) is 6.43. The number of hydrogen-bond donors (Lipinski definition) is 1. The molecule has 0 bridgehead atoms. The van der Waals surface area contributed by atoms with Crippen molar-refractivity contribution in [2.45, 2.75) is 25.7 Å². The number of esters is 1. The number of rotatable bonds is 8. The van der Waals surface area contributed by atoms with Crippen molar-refractivity contribution in [3.8, 4) is 5.75 Å². The molecule has 6 nitrogen and oxygen atoms in total. The van der Waals surface area contributed by atoms with Crippen molar-refractivity contribution in [1.82, 2.24) is 10.2 Å². The first kappa shape index (κ1) is 18.1. The molecule has 0 amide bonds. The van der Waals surface area contributed by atoms with Crippen LogP contribution < -0.4 is 4.74 Å². The number of thioether (sulfide) groups is 1. The number of H-pyrrole nitrogens is 1. The van der Waals surface area contributed by atoms with Gasteiger partial charge in [0.25, 0.3) is 0 Å². The number of hydrogen-bond acceptors (Lipinski definition) is 6. The van der Waals surface area contributed by atoms with E-state index < -0.39 is 5.97 Å². The second-order valence-corrected chi connectivity index (χ2v) is 6.08. The Morgan fingerprint density at radius 1 is 1.21 bits per heavy atom. The van der Waals surface area contributed by atoms with E-state index in [9.17, 15) is 9.59 Å². The number of carbonyl (C=O) groups is 2. The molecule has 1 aromatic heterocycles. The molecule has 0 saturated heterocycles. The van der Waals surface area contributed by atoms with Crippen molar-refractivity contribution >= 4 is 23.5 Å². The third-order valence-electron chi connectivity index (χ3n) is 3.25. The van der Waals surface area contributed by atoms with E-state index in [0.717, 1.165) is 16.3 Å². The lowest BCUT2D eigenvalue weighted by molar-refractivity contribution is -0.139. The number of benzene rings is 1. The van der Waals surface area contributed by atoms with E-state index in [1.54, 1.807) is 24.3 Å². The second kappa shape index (κ2) is 8.54. The molecule has 0 spiro atoms. The first-order valence-electron chi connectivity index (χ1n) is 7.57. The quantitative estimate of drug-likeness (QED) is 0.449. The summed E-state index contributed by atoms with van der Waals surface area (Å²) in [5.74, 6) is 0.164. The van der Waals surface area contributed by atoms with Crippen LogP contribution in [0.2, 0.25) is 0 Å². The number of ether oxygens (including phenoxy) is 2. The largest absolute Gasteiger partial charge is 0.494 e. The van der Waals surface area contributed by atoms with Gasteiger partial charge in [0.2, 0.25) is 0 Å². The highest BCUT2D eigenvalue weighted by molar-refractivity contribution is 8.00. The number of aromatic nitrogens is 2. The molecular formula is C17H20N2O4S. The van der Waals surface area contributed by atoms with Gasteiger partial charge in [-0.3, -0.25) is 14.7 Å². The minimum absolute atomic E-state index is 0.137. The van der Waals surface area contributed by atoms with Gasteiger partial charge in [-0.15, -0.1) is 11.8 Å². The molecule has 7 heteroatoms. The number of nitrogens with one attached hydrogen (secondary N) is 1. The molecule has 0 saturated carbocycles. The second-order valence-electron chi connectivity index (χ2n) is 5.09. The standard InChI is InChI=1S/C17H20N2O4S/c1-4-22-14-7-5-13(6-8-14)15(20)9-23-16(21)10-24-17-11(2)18-19-12(17)3/h5-8H,4,9-10H2,1-3H3,(H,18,19). The fraction of sp³-hybridized carbons (Fsp3) is 0.353. The van der Waals surface area contributed by atoms with E-state index in [1.807, 2.05) is 20.8 Å². The number of nitrogens with zero attached hydrogens (tertiary/aromatic N) is 1. The molecule has 1 heterocycles. The molecule has 2 rings (SSSR count). The first-order valence-corrected chi connectivity index (χ1v) is 8.56. The lowest BCUT2D eigenvalue weighted by Crippen LogP contribution is -2.15. The van der Waals surface area contributed by atoms with Crippen LogP contribution in [0.3, 0.4) is 0 Å². The van der Waals surface area contributed by atoms with Crippen molar-refractivity contribution in [2.75, 3.05) is 19.0 Å². The maximum absolute atomic E-state index is 12.0. The summed E-state index contributed by atoms with van der Waals surface area (Å²) in [5.41, 5.74) is 2.24. The van der Waals surface area contributed by atoms with Crippen LogP contribution in [-0.4, -0.2) is 40.9 Å². The number of Topliss-reactive ketones (excluding diaryl/α,β-unsaturated/α-hetero) is 1. The zero-order valence-corrected chi connectivity index (χ0v) is 14.7. The average molecular weight is 348 g/mol. The van der Waals surface area contributed by atoms with Gasteiger partial charge in [-0.2, -0.15) is 5.10 Å². The summed E-state index contributed by atoms with van der Waals surface area (Å²) in [5, 5.41) is 6.92. The summed E-state index contributed by atoms with van der Waals surface area (Å²) in [4.78, 5) is 24.7. The van der Waals surface area contributed by atoms with Gasteiger partial charge in [-0.25, -0.2) is 0 Å². The molecular weight excluding hydrogens is 328 g/mol. The molecule has 1 aromatic carbocycles. The van der Waals surface area contributed by atoms with Crippen LogP contribution in [-0.2, 0) is 9.53 Å². The highest BCUT2D eigenvalue weighted by atomic mass is 32.2. The van der Waals surface area contributed by atoms with Crippen LogP contribution in [0.1, 0.15) is 28.7 Å². The fourth-order valence-electron chi connectivity index (χ4n) is 2.06. The fourth-order valence-corrected chi connectivity index (χ4v) is 2.92. The molecule has 0 radical (unpaired) electrons. The SMILES string of the molecule is CCOc1ccc(C(=O)COC(=O)CSc2c(C)n[nH]c2C)cc1. The Morgan fingerprint density at radius 3 is 2.50 bits per heavy atom. The molecule has 0 atom stereocenters. The van der Waals surface area contributed by atoms with Crippen molar-refractivity contribution in [3.05, 3.63) is 41.2 Å². The Balaban J connectivity index is 1.79. The van der Waals surface area contributed by atoms with Gasteiger partial charge in [0.05, 0.1) is 22.9 Å². The third kappa shape index (κ3) is 4.86. The van der Waals surface area contributed by atoms with Gasteiger partial charge in [-0.05, 0) is 45.0 Å². The molecule has 0 fully saturated rings.